The molecule has 0 heterocycles. The van der Waals surface area contributed by atoms with Gasteiger partial charge in [-0.25, -0.2) is 0 Å². The van der Waals surface area contributed by atoms with Gasteiger partial charge >= 0.3 is 0 Å². The number of methoxy groups -OCH3 is 1. The van der Waals surface area contributed by atoms with Crippen LogP contribution >= 0.6 is 0 Å². The van der Waals surface area contributed by atoms with Crippen molar-refractivity contribution in [1.29, 1.82) is 0 Å². The number of benzene rings is 2. The normalized spacial score (nSPS) is 11.0. The minimum Gasteiger partial charge on any atom is -0.491 e. The fourth-order valence-corrected chi connectivity index (χ4v) is 2.25. The minimum atomic E-state index is 0.567. The van der Waals surface area contributed by atoms with Crippen LogP contribution in [0.2, 0.25) is 0 Å². The minimum absolute atomic E-state index is 0.567. The summed E-state index contributed by atoms with van der Waals surface area (Å²) in [4.78, 5) is 0. The molecule has 0 aliphatic rings. The molecule has 2 rings (SSSR count). The number of hydrogen-bond donors (Lipinski definition) is 1. The van der Waals surface area contributed by atoms with Gasteiger partial charge in [0, 0.05) is 25.6 Å². The molecular weight excluding hydrogens is 278 g/mol. The second kappa shape index (κ2) is 10.2. The van der Waals surface area contributed by atoms with E-state index in [1.54, 1.807) is 7.11 Å². The predicted octanol–water partition coefficient (Wildman–Crippen LogP) is 2.86. The van der Waals surface area contributed by atoms with Crippen LogP contribution in [0.1, 0.15) is 6.42 Å². The van der Waals surface area contributed by atoms with Crippen molar-refractivity contribution in [3.63, 3.8) is 0 Å². The molecule has 22 heavy (non-hydrogen) atoms. The zero-order valence-corrected chi connectivity index (χ0v) is 13.2. The summed E-state index contributed by atoms with van der Waals surface area (Å²) in [5, 5.41) is 5.65. The lowest BCUT2D eigenvalue weighted by molar-refractivity contribution is 0.102. The van der Waals surface area contributed by atoms with E-state index in [1.165, 1.54) is 5.39 Å². The summed E-state index contributed by atoms with van der Waals surface area (Å²) in [7, 11) is 1.72. The summed E-state index contributed by atoms with van der Waals surface area (Å²) in [6.45, 7) is 4.49. The Morgan fingerprint density at radius 1 is 0.864 bits per heavy atom. The molecule has 0 spiro atoms. The molecular formula is C18H25NO3. The third-order valence-corrected chi connectivity index (χ3v) is 3.36. The van der Waals surface area contributed by atoms with Crippen LogP contribution < -0.4 is 10.1 Å². The smallest absolute Gasteiger partial charge is 0.127 e. The van der Waals surface area contributed by atoms with Gasteiger partial charge in [0.25, 0.3) is 0 Å². The van der Waals surface area contributed by atoms with Crippen LogP contribution in [0.25, 0.3) is 10.8 Å². The Hall–Kier alpha value is -1.62. The summed E-state index contributed by atoms with van der Waals surface area (Å²) >= 11 is 0. The summed E-state index contributed by atoms with van der Waals surface area (Å²) in [6.07, 6.45) is 1.03. The van der Waals surface area contributed by atoms with Crippen LogP contribution in [-0.2, 0) is 9.47 Å². The van der Waals surface area contributed by atoms with Crippen LogP contribution in [-0.4, -0.2) is 46.6 Å². The first-order chi connectivity index (χ1) is 10.9. The van der Waals surface area contributed by atoms with Gasteiger partial charge in [-0.3, -0.25) is 0 Å². The molecule has 0 amide bonds. The highest BCUT2D eigenvalue weighted by Gasteiger charge is 2.00. The molecule has 0 aromatic heterocycles. The second-order valence-electron chi connectivity index (χ2n) is 5.03. The number of ether oxygens (including phenoxy) is 3. The maximum atomic E-state index is 5.82. The zero-order chi connectivity index (χ0) is 15.5. The van der Waals surface area contributed by atoms with Gasteiger partial charge < -0.3 is 19.5 Å². The SMILES string of the molecule is COCCCNCCOCCOc1cccc2ccccc12. The fourth-order valence-electron chi connectivity index (χ4n) is 2.25. The molecule has 0 bridgehead atoms. The molecule has 0 atom stereocenters. The summed E-state index contributed by atoms with van der Waals surface area (Å²) in [5.74, 6) is 0.916. The second-order valence-corrected chi connectivity index (χ2v) is 5.03. The molecule has 0 saturated carbocycles. The predicted molar refractivity (Wildman–Crippen MR) is 89.6 cm³/mol. The van der Waals surface area contributed by atoms with Gasteiger partial charge in [0.05, 0.1) is 13.2 Å². The van der Waals surface area contributed by atoms with Crippen molar-refractivity contribution in [1.82, 2.24) is 5.32 Å². The Labute approximate surface area is 132 Å². The van der Waals surface area contributed by atoms with Crippen LogP contribution in [0.5, 0.6) is 5.75 Å². The van der Waals surface area contributed by atoms with Gasteiger partial charge in [0.2, 0.25) is 0 Å². The van der Waals surface area contributed by atoms with Crippen molar-refractivity contribution in [2.45, 2.75) is 6.42 Å². The molecule has 0 fully saturated rings. The first-order valence-electron chi connectivity index (χ1n) is 7.80. The van der Waals surface area contributed by atoms with Crippen molar-refractivity contribution >= 4 is 10.8 Å². The lowest BCUT2D eigenvalue weighted by Crippen LogP contribution is -2.22. The van der Waals surface area contributed by atoms with Crippen LogP contribution in [0.15, 0.2) is 42.5 Å². The summed E-state index contributed by atoms with van der Waals surface area (Å²) < 4.78 is 16.4. The Morgan fingerprint density at radius 2 is 1.73 bits per heavy atom. The van der Waals surface area contributed by atoms with Gasteiger partial charge in [-0.1, -0.05) is 36.4 Å². The molecule has 2 aromatic rings. The lowest BCUT2D eigenvalue weighted by Gasteiger charge is -2.10. The standard InChI is InChI=1S/C18H25NO3/c1-20-12-5-10-19-11-13-21-14-15-22-18-9-4-7-16-6-2-3-8-17(16)18/h2-4,6-9,19H,5,10-15H2,1H3. The van der Waals surface area contributed by atoms with Crippen molar-refractivity contribution < 1.29 is 14.2 Å². The van der Waals surface area contributed by atoms with E-state index < -0.39 is 0 Å². The van der Waals surface area contributed by atoms with Gasteiger partial charge in [0.15, 0.2) is 0 Å². The first kappa shape index (κ1) is 16.7. The molecule has 4 nitrogen and oxygen atoms in total. The van der Waals surface area contributed by atoms with Gasteiger partial charge in [0.1, 0.15) is 12.4 Å². The highest BCUT2D eigenvalue weighted by atomic mass is 16.5. The summed E-state index contributed by atoms with van der Waals surface area (Å²) in [5.41, 5.74) is 0. The number of fused-ring (bicyclic) bond motifs is 1. The van der Waals surface area contributed by atoms with Gasteiger partial charge in [-0.15, -0.1) is 0 Å². The van der Waals surface area contributed by atoms with Crippen molar-refractivity contribution in [3.05, 3.63) is 42.5 Å². The van der Waals surface area contributed by atoms with Gasteiger partial charge in [-0.05, 0) is 24.4 Å². The average molecular weight is 303 g/mol. The van der Waals surface area contributed by atoms with E-state index in [0.717, 1.165) is 37.3 Å². The van der Waals surface area contributed by atoms with Crippen molar-refractivity contribution in [2.24, 2.45) is 0 Å². The van der Waals surface area contributed by atoms with E-state index in [2.05, 4.69) is 23.5 Å². The van der Waals surface area contributed by atoms with Crippen LogP contribution in [0.4, 0.5) is 0 Å². The van der Waals surface area contributed by atoms with Crippen LogP contribution in [0, 0.1) is 0 Å². The molecule has 0 saturated heterocycles. The number of hydrogen-bond acceptors (Lipinski definition) is 4. The zero-order valence-electron chi connectivity index (χ0n) is 13.2. The average Bonchev–Trinajstić information content (AvgIpc) is 2.56. The van der Waals surface area contributed by atoms with E-state index in [-0.39, 0.29) is 0 Å². The molecule has 2 aromatic carbocycles. The van der Waals surface area contributed by atoms with Crippen LogP contribution in [0.3, 0.4) is 0 Å². The fraction of sp³-hybridized carbons (Fsp3) is 0.444. The Kier molecular flexibility index (Phi) is 7.74. The van der Waals surface area contributed by atoms with E-state index in [1.807, 2.05) is 24.3 Å². The molecule has 120 valence electrons. The highest BCUT2D eigenvalue weighted by molar-refractivity contribution is 5.88. The maximum absolute atomic E-state index is 5.82. The molecule has 0 radical (unpaired) electrons. The molecule has 0 aliphatic heterocycles. The lowest BCUT2D eigenvalue weighted by atomic mass is 10.1. The van der Waals surface area contributed by atoms with E-state index in [0.29, 0.717) is 19.8 Å². The van der Waals surface area contributed by atoms with E-state index >= 15 is 0 Å². The van der Waals surface area contributed by atoms with Crippen molar-refractivity contribution in [3.8, 4) is 5.75 Å². The Bertz CT molecular complexity index is 539. The highest BCUT2D eigenvalue weighted by Crippen LogP contribution is 2.24. The van der Waals surface area contributed by atoms with E-state index in [9.17, 15) is 0 Å². The third-order valence-electron chi connectivity index (χ3n) is 3.36. The Morgan fingerprint density at radius 3 is 2.64 bits per heavy atom. The molecule has 0 unspecified atom stereocenters. The largest absolute Gasteiger partial charge is 0.491 e. The molecule has 4 heteroatoms. The molecule has 1 N–H and O–H groups in total. The maximum Gasteiger partial charge on any atom is 0.127 e. The molecule has 0 aliphatic carbocycles. The first-order valence-corrected chi connectivity index (χ1v) is 7.80. The van der Waals surface area contributed by atoms with Gasteiger partial charge in [-0.2, -0.15) is 0 Å². The number of rotatable bonds is 11. The quantitative estimate of drug-likeness (QED) is 0.648. The monoisotopic (exact) mass is 303 g/mol. The number of nitrogens with one attached hydrogen (secondary N) is 1. The van der Waals surface area contributed by atoms with E-state index in [4.69, 9.17) is 14.2 Å². The third kappa shape index (κ3) is 5.64. The summed E-state index contributed by atoms with van der Waals surface area (Å²) in [6, 6.07) is 14.3. The van der Waals surface area contributed by atoms with Crippen molar-refractivity contribution in [2.75, 3.05) is 46.6 Å². The topological polar surface area (TPSA) is 39.7 Å². The Balaban J connectivity index is 1.59.